The molecule has 6 nitrogen and oxygen atoms in total. The number of ether oxygens (including phenoxy) is 1. The number of methoxy groups -OCH3 is 1. The van der Waals surface area contributed by atoms with Gasteiger partial charge in [0.25, 0.3) is 0 Å². The Labute approximate surface area is 186 Å². The maximum absolute atomic E-state index is 12.2. The van der Waals surface area contributed by atoms with Gasteiger partial charge in [0, 0.05) is 24.8 Å². The average Bonchev–Trinajstić information content (AvgIpc) is 3.03. The summed E-state index contributed by atoms with van der Waals surface area (Å²) in [6.45, 7) is 7.75. The molecular weight excluding hydrogens is 392 g/mol. The molecule has 1 heterocycles. The van der Waals surface area contributed by atoms with Crippen LogP contribution < -0.4 is 5.32 Å². The van der Waals surface area contributed by atoms with E-state index >= 15 is 0 Å². The summed E-state index contributed by atoms with van der Waals surface area (Å²) in [5.41, 5.74) is 0.984. The number of carbonyl (C=O) groups is 2. The standard InChI is InChI=1S/C25H40N2O4/c1-15(5-10-23(29)31-4)18-8-9-19-17-7-6-16-13-22(28)26-12-11-24(16,2)20(17)14-21(27-30)25(18,19)3/h15-20,30H,5-14H2,1-4H3,(H,26,28)/b27-21-/t15-,16?,17+,18-,19+,20+,24+,25-/m1/s1. The van der Waals surface area contributed by atoms with Gasteiger partial charge in [-0.2, -0.15) is 0 Å². The molecule has 0 radical (unpaired) electrons. The first kappa shape index (κ1) is 22.6. The molecule has 0 aromatic rings. The summed E-state index contributed by atoms with van der Waals surface area (Å²) in [6.07, 6.45) is 8.38. The van der Waals surface area contributed by atoms with Gasteiger partial charge in [-0.1, -0.05) is 25.9 Å². The van der Waals surface area contributed by atoms with E-state index in [1.54, 1.807) is 0 Å². The smallest absolute Gasteiger partial charge is 0.305 e. The number of hydrogen-bond donors (Lipinski definition) is 2. The second-order valence-electron chi connectivity index (χ2n) is 11.3. The molecule has 4 aliphatic rings. The molecule has 1 aliphatic heterocycles. The molecule has 8 atom stereocenters. The van der Waals surface area contributed by atoms with E-state index in [4.69, 9.17) is 4.74 Å². The fourth-order valence-corrected chi connectivity index (χ4v) is 8.50. The first-order valence-corrected chi connectivity index (χ1v) is 12.3. The van der Waals surface area contributed by atoms with Gasteiger partial charge >= 0.3 is 5.97 Å². The van der Waals surface area contributed by atoms with E-state index < -0.39 is 0 Å². The second kappa shape index (κ2) is 8.40. The summed E-state index contributed by atoms with van der Waals surface area (Å²) in [4.78, 5) is 23.9. The van der Waals surface area contributed by atoms with E-state index in [0.717, 1.165) is 44.4 Å². The third-order valence-corrected chi connectivity index (χ3v) is 10.3. The summed E-state index contributed by atoms with van der Waals surface area (Å²) >= 11 is 0. The van der Waals surface area contributed by atoms with Gasteiger partial charge in [0.05, 0.1) is 12.8 Å². The summed E-state index contributed by atoms with van der Waals surface area (Å²) in [5, 5.41) is 17.2. The number of esters is 1. The summed E-state index contributed by atoms with van der Waals surface area (Å²) in [5.74, 6) is 2.92. The Bertz CT molecular complexity index is 752. The number of rotatable bonds is 4. The molecule has 0 spiro atoms. The van der Waals surface area contributed by atoms with Gasteiger partial charge in [-0.3, -0.25) is 9.59 Å². The van der Waals surface area contributed by atoms with Gasteiger partial charge in [-0.25, -0.2) is 0 Å². The van der Waals surface area contributed by atoms with Crippen LogP contribution in [-0.4, -0.2) is 36.4 Å². The zero-order chi connectivity index (χ0) is 22.4. The molecule has 0 aromatic carbocycles. The Morgan fingerprint density at radius 1 is 1.23 bits per heavy atom. The Morgan fingerprint density at radius 2 is 2.00 bits per heavy atom. The van der Waals surface area contributed by atoms with Crippen LogP contribution in [0.1, 0.15) is 78.6 Å². The van der Waals surface area contributed by atoms with E-state index in [1.165, 1.54) is 20.0 Å². The molecule has 1 saturated heterocycles. The highest BCUT2D eigenvalue weighted by Crippen LogP contribution is 2.66. The lowest BCUT2D eigenvalue weighted by Gasteiger charge is -2.59. The number of nitrogens with one attached hydrogen (secondary N) is 1. The van der Waals surface area contributed by atoms with Crippen LogP contribution in [0.5, 0.6) is 0 Å². The molecule has 3 saturated carbocycles. The van der Waals surface area contributed by atoms with E-state index in [0.29, 0.717) is 48.3 Å². The lowest BCUT2D eigenvalue weighted by atomic mass is 9.45. The molecule has 0 bridgehead atoms. The minimum atomic E-state index is -0.144. The van der Waals surface area contributed by atoms with Crippen molar-refractivity contribution >= 4 is 17.6 Å². The van der Waals surface area contributed by atoms with Gasteiger partial charge in [0.15, 0.2) is 0 Å². The number of amides is 1. The van der Waals surface area contributed by atoms with Crippen LogP contribution in [0.4, 0.5) is 0 Å². The maximum atomic E-state index is 12.2. The zero-order valence-electron chi connectivity index (χ0n) is 19.7. The molecule has 1 amide bonds. The van der Waals surface area contributed by atoms with E-state index in [1.807, 2.05) is 0 Å². The fraction of sp³-hybridized carbons (Fsp3) is 0.880. The molecule has 2 N–H and O–H groups in total. The van der Waals surface area contributed by atoms with Crippen molar-refractivity contribution in [3.05, 3.63) is 0 Å². The van der Waals surface area contributed by atoms with Crippen molar-refractivity contribution in [2.45, 2.75) is 78.6 Å². The molecule has 1 unspecified atom stereocenters. The SMILES string of the molecule is COC(=O)CC[C@@H](C)[C@H]1CC[C@H]2[C@@H]3CCC4CC(=O)NCC[C@]4(C)[C@H]3C/C(=N/O)[C@]12C. The van der Waals surface area contributed by atoms with Crippen molar-refractivity contribution in [2.24, 2.45) is 51.5 Å². The van der Waals surface area contributed by atoms with E-state index in [9.17, 15) is 14.8 Å². The highest BCUT2D eigenvalue weighted by atomic mass is 16.5. The van der Waals surface area contributed by atoms with Crippen LogP contribution in [0.25, 0.3) is 0 Å². The number of hydrogen-bond acceptors (Lipinski definition) is 5. The minimum absolute atomic E-state index is 0.104. The van der Waals surface area contributed by atoms with Crippen molar-refractivity contribution in [1.82, 2.24) is 5.32 Å². The van der Waals surface area contributed by atoms with Crippen molar-refractivity contribution in [3.8, 4) is 0 Å². The number of carbonyl (C=O) groups excluding carboxylic acids is 2. The first-order valence-electron chi connectivity index (χ1n) is 12.3. The number of oxime groups is 1. The summed E-state index contributed by atoms with van der Waals surface area (Å²) in [6, 6.07) is 0. The lowest BCUT2D eigenvalue weighted by molar-refractivity contribution is -0.141. The zero-order valence-corrected chi connectivity index (χ0v) is 19.7. The Kier molecular flexibility index (Phi) is 6.12. The Hall–Kier alpha value is -1.59. The largest absolute Gasteiger partial charge is 0.469 e. The molecule has 174 valence electrons. The predicted octanol–water partition coefficient (Wildman–Crippen LogP) is 4.40. The average molecular weight is 433 g/mol. The van der Waals surface area contributed by atoms with Crippen LogP contribution in [0.2, 0.25) is 0 Å². The van der Waals surface area contributed by atoms with Gasteiger partial charge in [-0.15, -0.1) is 0 Å². The van der Waals surface area contributed by atoms with Crippen LogP contribution in [0.3, 0.4) is 0 Å². The maximum Gasteiger partial charge on any atom is 0.305 e. The third-order valence-electron chi connectivity index (χ3n) is 10.3. The van der Waals surface area contributed by atoms with Gasteiger partial charge < -0.3 is 15.3 Å². The van der Waals surface area contributed by atoms with Crippen LogP contribution in [0, 0.1) is 46.3 Å². The Morgan fingerprint density at radius 3 is 2.71 bits per heavy atom. The second-order valence-corrected chi connectivity index (χ2v) is 11.3. The van der Waals surface area contributed by atoms with Crippen molar-refractivity contribution in [2.75, 3.05) is 13.7 Å². The minimum Gasteiger partial charge on any atom is -0.469 e. The molecular formula is C25H40N2O4. The Balaban J connectivity index is 1.60. The van der Waals surface area contributed by atoms with Crippen LogP contribution >= 0.6 is 0 Å². The predicted molar refractivity (Wildman–Crippen MR) is 119 cm³/mol. The molecule has 0 aromatic heterocycles. The molecule has 4 rings (SSSR count). The summed E-state index contributed by atoms with van der Waals surface area (Å²) in [7, 11) is 1.45. The molecule has 4 fully saturated rings. The van der Waals surface area contributed by atoms with Crippen LogP contribution in [-0.2, 0) is 14.3 Å². The van der Waals surface area contributed by atoms with E-state index in [2.05, 4.69) is 31.2 Å². The van der Waals surface area contributed by atoms with Crippen molar-refractivity contribution in [3.63, 3.8) is 0 Å². The normalized spacial score (nSPS) is 44.5. The molecule has 31 heavy (non-hydrogen) atoms. The highest BCUT2D eigenvalue weighted by Gasteiger charge is 2.63. The monoisotopic (exact) mass is 432 g/mol. The molecule has 3 aliphatic carbocycles. The number of fused-ring (bicyclic) bond motifs is 5. The first-order chi connectivity index (χ1) is 14.8. The topological polar surface area (TPSA) is 88.0 Å². The fourth-order valence-electron chi connectivity index (χ4n) is 8.50. The van der Waals surface area contributed by atoms with Crippen LogP contribution in [0.15, 0.2) is 5.16 Å². The van der Waals surface area contributed by atoms with Gasteiger partial charge in [0.1, 0.15) is 0 Å². The quantitative estimate of drug-likeness (QED) is 0.391. The third kappa shape index (κ3) is 3.58. The van der Waals surface area contributed by atoms with Crippen molar-refractivity contribution < 1.29 is 19.5 Å². The van der Waals surface area contributed by atoms with Gasteiger partial charge in [0.2, 0.25) is 5.91 Å². The van der Waals surface area contributed by atoms with E-state index in [-0.39, 0.29) is 22.7 Å². The lowest BCUT2D eigenvalue weighted by Crippen LogP contribution is -2.56. The van der Waals surface area contributed by atoms with Gasteiger partial charge in [-0.05, 0) is 85.9 Å². The summed E-state index contributed by atoms with van der Waals surface area (Å²) < 4.78 is 4.86. The van der Waals surface area contributed by atoms with Crippen molar-refractivity contribution in [1.29, 1.82) is 0 Å². The highest BCUT2D eigenvalue weighted by molar-refractivity contribution is 5.91. The number of nitrogens with zero attached hydrogens (tertiary/aromatic N) is 1. The molecule has 6 heteroatoms.